The lowest BCUT2D eigenvalue weighted by atomic mass is 9.71. The van der Waals surface area contributed by atoms with Crippen molar-refractivity contribution in [3.63, 3.8) is 0 Å². The summed E-state index contributed by atoms with van der Waals surface area (Å²) < 4.78 is 0. The van der Waals surface area contributed by atoms with Crippen LogP contribution in [0.2, 0.25) is 0 Å². The molecule has 0 aliphatic rings. The van der Waals surface area contributed by atoms with E-state index in [2.05, 4.69) is 111 Å². The molecule has 0 aliphatic carbocycles. The first-order valence-electron chi connectivity index (χ1n) is 10.9. The van der Waals surface area contributed by atoms with Gasteiger partial charge in [0, 0.05) is 0 Å². The molecule has 0 aromatic heterocycles. The van der Waals surface area contributed by atoms with E-state index < -0.39 is 0 Å². The van der Waals surface area contributed by atoms with Crippen LogP contribution in [0.1, 0.15) is 88.6 Å². The van der Waals surface area contributed by atoms with Gasteiger partial charge in [0.1, 0.15) is 0 Å². The summed E-state index contributed by atoms with van der Waals surface area (Å²) in [5, 5.41) is 0. The third-order valence-corrected chi connectivity index (χ3v) is 6.24. The van der Waals surface area contributed by atoms with Gasteiger partial charge in [-0.1, -0.05) is 103 Å². The largest absolute Gasteiger partial charge is 0.0721 e. The average molecular weight is 377 g/mol. The van der Waals surface area contributed by atoms with Crippen molar-refractivity contribution in [3.05, 3.63) is 76.4 Å². The van der Waals surface area contributed by atoms with Gasteiger partial charge >= 0.3 is 0 Å². The summed E-state index contributed by atoms with van der Waals surface area (Å²) in [6.07, 6.45) is 3.77. The van der Waals surface area contributed by atoms with Crippen LogP contribution in [0.25, 0.3) is 5.57 Å². The quantitative estimate of drug-likeness (QED) is 0.473. The smallest absolute Gasteiger partial charge is 0.0146 e. The first-order chi connectivity index (χ1) is 13.1. The minimum Gasteiger partial charge on any atom is -0.0721 e. The molecule has 2 aromatic rings. The van der Waals surface area contributed by atoms with Crippen LogP contribution in [0.15, 0.2) is 48.5 Å². The molecule has 0 spiro atoms. The van der Waals surface area contributed by atoms with Crippen molar-refractivity contribution in [2.45, 2.75) is 74.7 Å². The maximum Gasteiger partial charge on any atom is -0.0146 e. The van der Waals surface area contributed by atoms with Gasteiger partial charge in [0.25, 0.3) is 0 Å². The molecular formula is C28H40. The SMILES string of the molecule is CCC(C)C(/C=C(/c1ccc(C(C)C)c(C)c1)c1ccccc1C)C(C)(C)C. The van der Waals surface area contributed by atoms with Crippen LogP contribution in [0.5, 0.6) is 0 Å². The molecule has 0 amide bonds. The Morgan fingerprint density at radius 3 is 2.07 bits per heavy atom. The molecule has 0 heteroatoms. The zero-order valence-corrected chi connectivity index (χ0v) is 19.6. The summed E-state index contributed by atoms with van der Waals surface area (Å²) in [4.78, 5) is 0. The van der Waals surface area contributed by atoms with Crippen molar-refractivity contribution in [1.29, 1.82) is 0 Å². The third kappa shape index (κ3) is 5.16. The van der Waals surface area contributed by atoms with E-state index in [1.807, 2.05) is 0 Å². The van der Waals surface area contributed by atoms with E-state index in [0.717, 1.165) is 0 Å². The zero-order valence-electron chi connectivity index (χ0n) is 19.6. The lowest BCUT2D eigenvalue weighted by Gasteiger charge is -2.34. The van der Waals surface area contributed by atoms with Crippen LogP contribution in [0.4, 0.5) is 0 Å². The van der Waals surface area contributed by atoms with Crippen LogP contribution >= 0.6 is 0 Å². The minimum atomic E-state index is 0.232. The lowest BCUT2D eigenvalue weighted by Crippen LogP contribution is -2.25. The molecule has 0 bridgehead atoms. The van der Waals surface area contributed by atoms with E-state index in [1.54, 1.807) is 0 Å². The molecule has 0 nitrogen and oxygen atoms in total. The fourth-order valence-corrected chi connectivity index (χ4v) is 4.41. The molecule has 2 unspecified atom stereocenters. The second-order valence-electron chi connectivity index (χ2n) is 9.90. The predicted molar refractivity (Wildman–Crippen MR) is 126 cm³/mol. The van der Waals surface area contributed by atoms with Gasteiger partial charge in [-0.15, -0.1) is 0 Å². The second kappa shape index (κ2) is 9.12. The molecule has 2 rings (SSSR count). The number of rotatable bonds is 6. The van der Waals surface area contributed by atoms with Crippen LogP contribution in [-0.2, 0) is 0 Å². The Kier molecular flexibility index (Phi) is 7.32. The predicted octanol–water partition coefficient (Wildman–Crippen LogP) is 8.57. The van der Waals surface area contributed by atoms with E-state index in [-0.39, 0.29) is 5.41 Å². The van der Waals surface area contributed by atoms with Gasteiger partial charge in [-0.2, -0.15) is 0 Å². The molecule has 28 heavy (non-hydrogen) atoms. The van der Waals surface area contributed by atoms with Gasteiger partial charge in [-0.05, 0) is 70.4 Å². The fourth-order valence-electron chi connectivity index (χ4n) is 4.41. The molecule has 0 aliphatic heterocycles. The van der Waals surface area contributed by atoms with Gasteiger partial charge in [0.15, 0.2) is 0 Å². The molecule has 2 aromatic carbocycles. The third-order valence-electron chi connectivity index (χ3n) is 6.24. The molecule has 0 heterocycles. The maximum absolute atomic E-state index is 2.57. The summed E-state index contributed by atoms with van der Waals surface area (Å²) in [7, 11) is 0. The Morgan fingerprint density at radius 1 is 0.929 bits per heavy atom. The Bertz CT molecular complexity index is 814. The highest BCUT2D eigenvalue weighted by atomic mass is 14.3. The number of hydrogen-bond acceptors (Lipinski definition) is 0. The van der Waals surface area contributed by atoms with Gasteiger partial charge in [0.2, 0.25) is 0 Å². The standard InChI is InChI=1S/C28H40/c1-10-20(4)27(28(7,8)9)18-26(25-14-12-11-13-21(25)5)23-15-16-24(19(2)3)22(6)17-23/h11-20,27H,10H2,1-9H3/b26-18-. The van der Waals surface area contributed by atoms with Crippen LogP contribution in [-0.4, -0.2) is 0 Å². The highest BCUT2D eigenvalue weighted by molar-refractivity contribution is 5.82. The van der Waals surface area contributed by atoms with Crippen molar-refractivity contribution in [3.8, 4) is 0 Å². The molecule has 0 N–H and O–H groups in total. The second-order valence-corrected chi connectivity index (χ2v) is 9.90. The van der Waals surface area contributed by atoms with E-state index in [9.17, 15) is 0 Å². The Hall–Kier alpha value is -1.82. The lowest BCUT2D eigenvalue weighted by molar-refractivity contribution is 0.214. The molecule has 152 valence electrons. The molecule has 2 atom stereocenters. The average Bonchev–Trinajstić information content (AvgIpc) is 2.61. The highest BCUT2D eigenvalue weighted by Gasteiger charge is 2.28. The van der Waals surface area contributed by atoms with Crippen LogP contribution < -0.4 is 0 Å². The number of hydrogen-bond donors (Lipinski definition) is 0. The Labute approximate surface area is 174 Å². The monoisotopic (exact) mass is 376 g/mol. The highest BCUT2D eigenvalue weighted by Crippen LogP contribution is 2.39. The van der Waals surface area contributed by atoms with Gasteiger partial charge < -0.3 is 0 Å². The van der Waals surface area contributed by atoms with Gasteiger partial charge in [-0.3, -0.25) is 0 Å². The minimum absolute atomic E-state index is 0.232. The summed E-state index contributed by atoms with van der Waals surface area (Å²) in [6.45, 7) is 20.9. The van der Waals surface area contributed by atoms with Crippen molar-refractivity contribution in [2.75, 3.05) is 0 Å². The first kappa shape index (κ1) is 22.5. The van der Waals surface area contributed by atoms with Gasteiger partial charge in [0.05, 0.1) is 0 Å². The number of aryl methyl sites for hydroxylation is 2. The van der Waals surface area contributed by atoms with E-state index in [0.29, 0.717) is 17.8 Å². The molecule has 0 fully saturated rings. The Balaban J connectivity index is 2.71. The van der Waals surface area contributed by atoms with Crippen molar-refractivity contribution < 1.29 is 0 Å². The van der Waals surface area contributed by atoms with E-state index in [4.69, 9.17) is 0 Å². The van der Waals surface area contributed by atoms with Gasteiger partial charge in [-0.25, -0.2) is 0 Å². The van der Waals surface area contributed by atoms with Crippen molar-refractivity contribution in [1.82, 2.24) is 0 Å². The fraction of sp³-hybridized carbons (Fsp3) is 0.500. The number of benzene rings is 2. The molecule has 0 radical (unpaired) electrons. The topological polar surface area (TPSA) is 0 Å². The normalized spacial score (nSPS) is 15.0. The molecular weight excluding hydrogens is 336 g/mol. The molecule has 0 saturated heterocycles. The molecule has 0 saturated carbocycles. The Morgan fingerprint density at radius 2 is 1.57 bits per heavy atom. The maximum atomic E-state index is 2.57. The summed E-state index contributed by atoms with van der Waals surface area (Å²) in [6, 6.07) is 15.9. The summed E-state index contributed by atoms with van der Waals surface area (Å²) >= 11 is 0. The van der Waals surface area contributed by atoms with Crippen molar-refractivity contribution in [2.24, 2.45) is 17.3 Å². The van der Waals surface area contributed by atoms with Crippen molar-refractivity contribution >= 4 is 5.57 Å². The van der Waals surface area contributed by atoms with E-state index >= 15 is 0 Å². The van der Waals surface area contributed by atoms with Crippen LogP contribution in [0, 0.1) is 31.1 Å². The first-order valence-corrected chi connectivity index (χ1v) is 10.9. The van der Waals surface area contributed by atoms with Crippen LogP contribution in [0.3, 0.4) is 0 Å². The summed E-state index contributed by atoms with van der Waals surface area (Å²) in [5.41, 5.74) is 8.50. The summed E-state index contributed by atoms with van der Waals surface area (Å²) in [5.74, 6) is 1.73. The van der Waals surface area contributed by atoms with E-state index in [1.165, 1.54) is 39.8 Å². The number of allylic oxidation sites excluding steroid dienone is 1. The zero-order chi connectivity index (χ0) is 21.1.